The number of rotatable bonds is 5. The molecule has 0 spiro atoms. The van der Waals surface area contributed by atoms with Crippen molar-refractivity contribution in [2.45, 2.75) is 56.4 Å². The van der Waals surface area contributed by atoms with Gasteiger partial charge in [-0.05, 0) is 62.4 Å². The zero-order chi connectivity index (χ0) is 32.2. The topological polar surface area (TPSA) is 86.9 Å². The smallest absolute Gasteiger partial charge is 0.319 e. The van der Waals surface area contributed by atoms with Crippen molar-refractivity contribution in [3.63, 3.8) is 0 Å². The zero-order valence-corrected chi connectivity index (χ0v) is 25.7. The highest BCUT2D eigenvalue weighted by Gasteiger charge is 2.50. The summed E-state index contributed by atoms with van der Waals surface area (Å²) in [5.74, 6) is 1.98. The number of ether oxygens (including phenoxy) is 1. The number of phenols is 1. The number of aromatic nitrogens is 2. The Morgan fingerprint density at radius 2 is 2.00 bits per heavy atom. The average Bonchev–Trinajstić information content (AvgIpc) is 3.71. The van der Waals surface area contributed by atoms with Crippen LogP contribution < -0.4 is 15.0 Å². The van der Waals surface area contributed by atoms with E-state index in [9.17, 15) is 9.50 Å². The van der Waals surface area contributed by atoms with Gasteiger partial charge < -0.3 is 24.5 Å². The van der Waals surface area contributed by atoms with Crippen LogP contribution in [0.5, 0.6) is 11.8 Å². The first-order chi connectivity index (χ1) is 22.7. The molecule has 11 heteroatoms. The van der Waals surface area contributed by atoms with Gasteiger partial charge in [-0.2, -0.15) is 9.97 Å². The summed E-state index contributed by atoms with van der Waals surface area (Å²) in [7, 11) is 0. The van der Waals surface area contributed by atoms with E-state index in [4.69, 9.17) is 20.6 Å². The molecule has 3 aromatic carbocycles. The lowest BCUT2D eigenvalue weighted by Gasteiger charge is -2.54. The highest BCUT2D eigenvalue weighted by atomic mass is 19.1. The van der Waals surface area contributed by atoms with Crippen molar-refractivity contribution in [1.82, 2.24) is 20.2 Å². The van der Waals surface area contributed by atoms with Crippen molar-refractivity contribution >= 4 is 38.5 Å². The van der Waals surface area contributed by atoms with Crippen LogP contribution in [-0.2, 0) is 0 Å². The van der Waals surface area contributed by atoms with Gasteiger partial charge in [0, 0.05) is 54.5 Å². The number of hydrogen-bond acceptors (Lipinski definition) is 8. The summed E-state index contributed by atoms with van der Waals surface area (Å²) in [5, 5.41) is 16.0. The van der Waals surface area contributed by atoms with E-state index in [2.05, 4.69) is 26.0 Å². The van der Waals surface area contributed by atoms with E-state index in [-0.39, 0.29) is 63.6 Å². The Hall–Kier alpha value is -4.53. The molecule has 3 unspecified atom stereocenters. The highest BCUT2D eigenvalue weighted by molar-refractivity contribution is 6.18. The maximum atomic E-state index is 17.4. The van der Waals surface area contributed by atoms with Gasteiger partial charge in [0.2, 0.25) is 0 Å². The van der Waals surface area contributed by atoms with E-state index >= 15 is 8.78 Å². The molecule has 4 saturated heterocycles. The highest BCUT2D eigenvalue weighted by Crippen LogP contribution is 2.48. The number of fused-ring (bicyclic) bond motifs is 7. The average molecular weight is 640 g/mol. The molecule has 5 aromatic rings. The molecular formula is C36H32F3N5O3. The van der Waals surface area contributed by atoms with Crippen LogP contribution in [0.4, 0.5) is 19.0 Å². The number of nitrogens with one attached hydrogen (secondary N) is 1. The molecule has 2 N–H and O–H groups in total. The van der Waals surface area contributed by atoms with Crippen molar-refractivity contribution in [2.24, 2.45) is 0 Å². The van der Waals surface area contributed by atoms with Crippen LogP contribution in [0.15, 0.2) is 34.7 Å². The Balaban J connectivity index is 1.30. The quantitative estimate of drug-likeness (QED) is 0.228. The Kier molecular flexibility index (Phi) is 6.24. The van der Waals surface area contributed by atoms with Crippen LogP contribution in [0.25, 0.3) is 43.8 Å². The van der Waals surface area contributed by atoms with Gasteiger partial charge in [0.15, 0.2) is 5.82 Å². The van der Waals surface area contributed by atoms with Crippen molar-refractivity contribution in [1.29, 1.82) is 0 Å². The van der Waals surface area contributed by atoms with Crippen LogP contribution in [0.2, 0.25) is 0 Å². The lowest BCUT2D eigenvalue weighted by molar-refractivity contribution is 0.107. The van der Waals surface area contributed by atoms with E-state index in [1.54, 1.807) is 6.92 Å². The third-order valence-corrected chi connectivity index (χ3v) is 10.7. The maximum Gasteiger partial charge on any atom is 0.319 e. The lowest BCUT2D eigenvalue weighted by Crippen LogP contribution is -2.68. The molecule has 2 aromatic heterocycles. The second kappa shape index (κ2) is 10.2. The minimum absolute atomic E-state index is 0.00120. The summed E-state index contributed by atoms with van der Waals surface area (Å²) in [4.78, 5) is 14.0. The number of nitrogens with zero attached hydrogens (tertiary/aromatic N) is 4. The SMILES string of the molecule is C#Cc1c(F)ccc2cc(O)cc(-c3c(F)c4nc(OCC56CCCN5C[C@H](F)C6)nc(N5C6CNCC5C6)c4c4cc(C)oc34)c12. The molecule has 8 nitrogen and oxygen atoms in total. The Bertz CT molecular complexity index is 2170. The first-order valence-electron chi connectivity index (χ1n) is 16.1. The molecule has 2 bridgehead atoms. The number of hydrogen-bond donors (Lipinski definition) is 2. The number of terminal acetylenes is 1. The van der Waals surface area contributed by atoms with Crippen LogP contribution >= 0.6 is 0 Å². The third kappa shape index (κ3) is 4.17. The second-order valence-corrected chi connectivity index (χ2v) is 13.5. The zero-order valence-electron chi connectivity index (χ0n) is 25.7. The molecule has 0 saturated carbocycles. The molecule has 47 heavy (non-hydrogen) atoms. The molecule has 6 heterocycles. The van der Waals surface area contributed by atoms with Crippen LogP contribution in [0, 0.1) is 30.9 Å². The monoisotopic (exact) mass is 639 g/mol. The van der Waals surface area contributed by atoms with E-state index < -0.39 is 23.3 Å². The number of phenolic OH excluding ortho intramolecular Hbond substituents is 1. The number of benzene rings is 3. The second-order valence-electron chi connectivity index (χ2n) is 13.5. The molecular weight excluding hydrogens is 607 g/mol. The minimum atomic E-state index is -0.924. The van der Waals surface area contributed by atoms with E-state index in [1.807, 2.05) is 6.07 Å². The van der Waals surface area contributed by atoms with Crippen molar-refractivity contribution in [3.8, 4) is 35.2 Å². The normalized spacial score (nSPS) is 25.4. The third-order valence-electron chi connectivity index (χ3n) is 10.7. The number of halogens is 3. The molecule has 0 radical (unpaired) electrons. The van der Waals surface area contributed by atoms with Gasteiger partial charge in [-0.3, -0.25) is 4.90 Å². The van der Waals surface area contributed by atoms with Gasteiger partial charge in [-0.15, -0.1) is 6.42 Å². The standard InChI is InChI=1S/C36H32F3N5O3/c1-3-24-27(38)6-5-19-10-23(45)12-25(28(19)24)29-31(39)32-30(26-9-18(2)47-33(26)29)34(44-21-11-22(44)15-40-14-21)42-35(41-32)46-17-36-7-4-8-43(36)16-20(37)13-36/h1,5-6,9-10,12,20-22,40,45H,4,7-8,11,13-17H2,2H3/t20-,21?,22?,36?/m1/s1. The van der Waals surface area contributed by atoms with Gasteiger partial charge in [-0.25, -0.2) is 13.2 Å². The Morgan fingerprint density at radius 3 is 2.79 bits per heavy atom. The number of anilines is 1. The summed E-state index contributed by atoms with van der Waals surface area (Å²) < 4.78 is 59.5. The summed E-state index contributed by atoms with van der Waals surface area (Å²) in [6.45, 7) is 4.68. The van der Waals surface area contributed by atoms with Gasteiger partial charge in [0.25, 0.3) is 0 Å². The molecule has 0 aliphatic carbocycles. The molecule has 4 atom stereocenters. The fraction of sp³-hybridized carbons (Fsp3) is 0.389. The molecule has 4 aliphatic rings. The Labute approximate surface area is 268 Å². The maximum absolute atomic E-state index is 17.4. The van der Waals surface area contributed by atoms with Gasteiger partial charge >= 0.3 is 6.01 Å². The summed E-state index contributed by atoms with van der Waals surface area (Å²) in [6, 6.07) is 7.71. The summed E-state index contributed by atoms with van der Waals surface area (Å²) in [5.41, 5.74) is -0.0858. The lowest BCUT2D eigenvalue weighted by atomic mass is 9.87. The predicted octanol–water partition coefficient (Wildman–Crippen LogP) is 5.98. The van der Waals surface area contributed by atoms with Crippen LogP contribution in [0.1, 0.15) is 37.0 Å². The summed E-state index contributed by atoms with van der Waals surface area (Å²) in [6.07, 6.45) is 7.97. The van der Waals surface area contributed by atoms with E-state index in [0.29, 0.717) is 40.7 Å². The van der Waals surface area contributed by atoms with Crippen LogP contribution in [-0.4, -0.2) is 76.6 Å². The minimum Gasteiger partial charge on any atom is -0.508 e. The van der Waals surface area contributed by atoms with E-state index in [1.165, 1.54) is 24.3 Å². The number of alkyl halides is 1. The van der Waals surface area contributed by atoms with Crippen molar-refractivity contribution in [3.05, 3.63) is 53.3 Å². The number of furan rings is 1. The number of piperazine rings is 1. The Morgan fingerprint density at radius 1 is 1.17 bits per heavy atom. The van der Waals surface area contributed by atoms with Crippen LogP contribution in [0.3, 0.4) is 0 Å². The fourth-order valence-electron chi connectivity index (χ4n) is 8.67. The molecule has 240 valence electrons. The van der Waals surface area contributed by atoms with Gasteiger partial charge in [0.05, 0.1) is 22.1 Å². The predicted molar refractivity (Wildman–Crippen MR) is 173 cm³/mol. The van der Waals surface area contributed by atoms with E-state index in [0.717, 1.165) is 38.9 Å². The number of aromatic hydroxyl groups is 1. The molecule has 9 rings (SSSR count). The molecule has 0 amide bonds. The fourth-order valence-corrected chi connectivity index (χ4v) is 8.67. The first-order valence-corrected chi connectivity index (χ1v) is 16.1. The number of piperidine rings is 1. The van der Waals surface area contributed by atoms with Gasteiger partial charge in [-0.1, -0.05) is 12.0 Å². The van der Waals surface area contributed by atoms with Crippen molar-refractivity contribution < 1.29 is 27.4 Å². The van der Waals surface area contributed by atoms with Gasteiger partial charge in [0.1, 0.15) is 47.0 Å². The largest absolute Gasteiger partial charge is 0.508 e. The summed E-state index contributed by atoms with van der Waals surface area (Å²) >= 11 is 0. The van der Waals surface area contributed by atoms with Crippen molar-refractivity contribution in [2.75, 3.05) is 37.7 Å². The first kappa shape index (κ1) is 28.7. The number of aryl methyl sites for hydroxylation is 1. The molecule has 4 aliphatic heterocycles. The molecule has 4 fully saturated rings.